The summed E-state index contributed by atoms with van der Waals surface area (Å²) in [4.78, 5) is 17.1. The fourth-order valence-corrected chi connectivity index (χ4v) is 2.54. The van der Waals surface area contributed by atoms with Crippen LogP contribution in [-0.4, -0.2) is 37.2 Å². The number of aliphatic hydroxyl groups is 1. The number of aromatic nitrogens is 4. The van der Waals surface area contributed by atoms with E-state index in [2.05, 4.69) is 30.6 Å². The van der Waals surface area contributed by atoms with E-state index in [4.69, 9.17) is 16.7 Å². The molecule has 2 heterocycles. The summed E-state index contributed by atoms with van der Waals surface area (Å²) in [7, 11) is 0. The topological polar surface area (TPSA) is 95.9 Å². The van der Waals surface area contributed by atoms with Gasteiger partial charge in [0.05, 0.1) is 11.2 Å². The number of benzene rings is 1. The average Bonchev–Trinajstić information content (AvgIpc) is 2.58. The Kier molecular flexibility index (Phi) is 5.15. The Labute approximate surface area is 154 Å². The summed E-state index contributed by atoms with van der Waals surface area (Å²) in [6.45, 7) is 3.94. The summed E-state index contributed by atoms with van der Waals surface area (Å²) in [6.07, 6.45) is 3.52. The quantitative estimate of drug-likeness (QED) is 0.605. The molecular weight excluding hydrogens is 359 g/mol. The van der Waals surface area contributed by atoms with Gasteiger partial charge in [0.15, 0.2) is 5.82 Å². The molecule has 0 saturated carbocycles. The molecular formula is C17H18ClFN6O. The molecule has 0 fully saturated rings. The number of rotatable bonds is 6. The minimum absolute atomic E-state index is 0.0103. The van der Waals surface area contributed by atoms with Gasteiger partial charge in [-0.2, -0.15) is 0 Å². The molecule has 0 aliphatic rings. The normalized spacial score (nSPS) is 11.6. The van der Waals surface area contributed by atoms with Crippen molar-refractivity contribution in [2.45, 2.75) is 25.8 Å². The van der Waals surface area contributed by atoms with Gasteiger partial charge in [0.2, 0.25) is 5.95 Å². The summed E-state index contributed by atoms with van der Waals surface area (Å²) in [6, 6.07) is 4.29. The van der Waals surface area contributed by atoms with Crippen LogP contribution in [0.4, 0.5) is 21.8 Å². The zero-order valence-corrected chi connectivity index (χ0v) is 15.0. The van der Waals surface area contributed by atoms with Gasteiger partial charge < -0.3 is 15.7 Å². The lowest BCUT2D eigenvalue weighted by Crippen LogP contribution is -2.32. The Morgan fingerprint density at radius 1 is 1.23 bits per heavy atom. The van der Waals surface area contributed by atoms with Crippen molar-refractivity contribution < 1.29 is 9.50 Å². The Bertz CT molecular complexity index is 936. The van der Waals surface area contributed by atoms with Gasteiger partial charge in [0.1, 0.15) is 23.2 Å². The van der Waals surface area contributed by atoms with Crippen molar-refractivity contribution in [2.24, 2.45) is 0 Å². The van der Waals surface area contributed by atoms with Crippen molar-refractivity contribution in [2.75, 3.05) is 17.2 Å². The summed E-state index contributed by atoms with van der Waals surface area (Å²) in [5, 5.41) is 15.4. The Balaban J connectivity index is 1.95. The third kappa shape index (κ3) is 4.14. The summed E-state index contributed by atoms with van der Waals surface area (Å²) in [5.41, 5.74) is 1.26. The van der Waals surface area contributed by atoms with Crippen molar-refractivity contribution in [3.63, 3.8) is 0 Å². The lowest BCUT2D eigenvalue weighted by Gasteiger charge is -2.25. The molecule has 0 amide bonds. The van der Waals surface area contributed by atoms with Crippen LogP contribution >= 0.6 is 11.6 Å². The lowest BCUT2D eigenvalue weighted by molar-refractivity contribution is 0.260. The van der Waals surface area contributed by atoms with Crippen molar-refractivity contribution in [3.8, 4) is 0 Å². The summed E-state index contributed by atoms with van der Waals surface area (Å²) < 4.78 is 13.3. The number of fused-ring (bicyclic) bond motifs is 1. The van der Waals surface area contributed by atoms with E-state index in [-0.39, 0.29) is 17.2 Å². The molecule has 26 heavy (non-hydrogen) atoms. The molecule has 2 aromatic heterocycles. The number of anilines is 3. The Hall–Kier alpha value is -2.58. The molecule has 0 bridgehead atoms. The molecule has 0 aliphatic heterocycles. The maximum Gasteiger partial charge on any atom is 0.223 e. The first-order valence-electron chi connectivity index (χ1n) is 7.97. The third-order valence-corrected chi connectivity index (χ3v) is 4.04. The average molecular weight is 377 g/mol. The Morgan fingerprint density at radius 3 is 2.77 bits per heavy atom. The van der Waals surface area contributed by atoms with Crippen LogP contribution < -0.4 is 10.6 Å². The molecule has 9 heteroatoms. The molecule has 1 aromatic carbocycles. The first-order valence-corrected chi connectivity index (χ1v) is 8.35. The van der Waals surface area contributed by atoms with Crippen LogP contribution in [0.1, 0.15) is 20.3 Å². The van der Waals surface area contributed by atoms with Crippen molar-refractivity contribution >= 4 is 40.1 Å². The van der Waals surface area contributed by atoms with Crippen LogP contribution in [0.25, 0.3) is 11.0 Å². The van der Waals surface area contributed by atoms with Gasteiger partial charge in [-0.25, -0.2) is 24.3 Å². The predicted molar refractivity (Wildman–Crippen MR) is 99.2 cm³/mol. The van der Waals surface area contributed by atoms with Crippen molar-refractivity contribution in [1.82, 2.24) is 19.9 Å². The molecule has 3 N–H and O–H groups in total. The van der Waals surface area contributed by atoms with Crippen LogP contribution in [0, 0.1) is 5.82 Å². The fraction of sp³-hybridized carbons (Fsp3) is 0.294. The zero-order valence-electron chi connectivity index (χ0n) is 14.3. The maximum atomic E-state index is 13.3. The van der Waals surface area contributed by atoms with E-state index in [9.17, 15) is 4.39 Å². The van der Waals surface area contributed by atoms with Crippen LogP contribution in [0.3, 0.4) is 0 Å². The highest BCUT2D eigenvalue weighted by Crippen LogP contribution is 2.25. The largest absolute Gasteiger partial charge is 0.396 e. The summed E-state index contributed by atoms with van der Waals surface area (Å²) in [5.74, 6) is 0.346. The van der Waals surface area contributed by atoms with E-state index in [1.807, 2.05) is 13.8 Å². The number of hydrogen-bond acceptors (Lipinski definition) is 7. The van der Waals surface area contributed by atoms with E-state index in [0.29, 0.717) is 34.9 Å². The van der Waals surface area contributed by atoms with Crippen molar-refractivity contribution in [3.05, 3.63) is 41.6 Å². The molecule has 3 aromatic rings. The second-order valence-electron chi connectivity index (χ2n) is 6.39. The maximum absolute atomic E-state index is 13.3. The molecule has 0 atom stereocenters. The van der Waals surface area contributed by atoms with Gasteiger partial charge in [-0.3, -0.25) is 0 Å². The molecule has 0 saturated heterocycles. The number of aliphatic hydroxyl groups excluding tert-OH is 1. The van der Waals surface area contributed by atoms with Gasteiger partial charge in [0.25, 0.3) is 0 Å². The minimum atomic E-state index is -0.496. The molecule has 0 radical (unpaired) electrons. The van der Waals surface area contributed by atoms with Gasteiger partial charge in [-0.1, -0.05) is 11.6 Å². The molecule has 136 valence electrons. The first kappa shape index (κ1) is 18.2. The molecule has 0 unspecified atom stereocenters. The molecule has 0 spiro atoms. The number of nitrogens with zero attached hydrogens (tertiary/aromatic N) is 4. The van der Waals surface area contributed by atoms with Crippen LogP contribution in [0.5, 0.6) is 0 Å². The van der Waals surface area contributed by atoms with Crippen molar-refractivity contribution in [1.29, 1.82) is 0 Å². The van der Waals surface area contributed by atoms with E-state index in [1.54, 1.807) is 12.3 Å². The summed E-state index contributed by atoms with van der Waals surface area (Å²) >= 11 is 5.82. The van der Waals surface area contributed by atoms with Gasteiger partial charge in [-0.15, -0.1) is 0 Å². The van der Waals surface area contributed by atoms with Crippen LogP contribution in [-0.2, 0) is 0 Å². The smallest absolute Gasteiger partial charge is 0.223 e. The van der Waals surface area contributed by atoms with E-state index < -0.39 is 5.82 Å². The highest BCUT2D eigenvalue weighted by Gasteiger charge is 2.18. The molecule has 3 rings (SSSR count). The van der Waals surface area contributed by atoms with Gasteiger partial charge >= 0.3 is 0 Å². The zero-order chi connectivity index (χ0) is 18.7. The predicted octanol–water partition coefficient (Wildman–Crippen LogP) is 3.53. The highest BCUT2D eigenvalue weighted by atomic mass is 35.5. The van der Waals surface area contributed by atoms with E-state index >= 15 is 0 Å². The SMILES string of the molecule is CC(C)(CCO)Nc1ncc2ncnc(Nc3ccc(F)c(Cl)c3)c2n1. The second-order valence-corrected chi connectivity index (χ2v) is 6.79. The van der Waals surface area contributed by atoms with Crippen LogP contribution in [0.15, 0.2) is 30.7 Å². The first-order chi connectivity index (χ1) is 12.4. The Morgan fingerprint density at radius 2 is 2.04 bits per heavy atom. The monoisotopic (exact) mass is 376 g/mol. The standard InChI is InChI=1S/C17H18ClFN6O/c1-17(2,5-6-26)25-16-20-8-13-14(24-16)15(22-9-21-13)23-10-3-4-12(19)11(18)7-10/h3-4,7-9,26H,5-6H2,1-2H3,(H,20,24,25)(H,21,22,23). The number of hydrogen-bond donors (Lipinski definition) is 3. The lowest BCUT2D eigenvalue weighted by atomic mass is 10.0. The number of nitrogens with one attached hydrogen (secondary N) is 2. The fourth-order valence-electron chi connectivity index (χ4n) is 2.36. The van der Waals surface area contributed by atoms with E-state index in [0.717, 1.165) is 0 Å². The highest BCUT2D eigenvalue weighted by molar-refractivity contribution is 6.31. The van der Waals surface area contributed by atoms with Crippen LogP contribution in [0.2, 0.25) is 5.02 Å². The van der Waals surface area contributed by atoms with Gasteiger partial charge in [-0.05, 0) is 38.5 Å². The third-order valence-electron chi connectivity index (χ3n) is 3.75. The van der Waals surface area contributed by atoms with Gasteiger partial charge in [0, 0.05) is 17.8 Å². The molecule has 7 nitrogen and oxygen atoms in total. The molecule has 0 aliphatic carbocycles. The number of halogens is 2. The van der Waals surface area contributed by atoms with E-state index in [1.165, 1.54) is 18.5 Å². The minimum Gasteiger partial charge on any atom is -0.396 e. The second kappa shape index (κ2) is 7.35.